The molecule has 0 fully saturated rings. The summed E-state index contributed by atoms with van der Waals surface area (Å²) in [6, 6.07) is 0. The molecule has 0 aromatic rings. The van der Waals surface area contributed by atoms with Gasteiger partial charge < -0.3 is 0 Å². The molecule has 4 heteroatoms. The first-order valence-corrected chi connectivity index (χ1v) is 0. The van der Waals surface area contributed by atoms with Crippen molar-refractivity contribution in [2.24, 2.45) is 0 Å². The molecular formula is CuHgSnTi. The van der Waals surface area contributed by atoms with Crippen molar-refractivity contribution in [1.82, 2.24) is 0 Å². The second-order valence-electron chi connectivity index (χ2n) is 0. The largest absolute Gasteiger partial charge is 0 e. The summed E-state index contributed by atoms with van der Waals surface area (Å²) in [6.45, 7) is 0. The van der Waals surface area contributed by atoms with Gasteiger partial charge in [-0.1, -0.05) is 0 Å². The molecule has 0 aliphatic carbocycles. The Balaban J connectivity index is 0. The van der Waals surface area contributed by atoms with Crippen LogP contribution in [0.3, 0.4) is 0 Å². The van der Waals surface area contributed by atoms with Crippen molar-refractivity contribution in [3.8, 4) is 0 Å². The van der Waals surface area contributed by atoms with Gasteiger partial charge in [0.2, 0.25) is 0 Å². The number of rotatable bonds is 0. The summed E-state index contributed by atoms with van der Waals surface area (Å²) in [7, 11) is 0. The van der Waals surface area contributed by atoms with E-state index in [4.69, 9.17) is 0 Å². The first kappa shape index (κ1) is 28.2. The average Bonchev–Trinajstić information content (AvgIpc) is 0. The van der Waals surface area contributed by atoms with Gasteiger partial charge in [0, 0.05) is 90.4 Å². The van der Waals surface area contributed by atoms with Crippen molar-refractivity contribution < 1.29 is 66.5 Å². The van der Waals surface area contributed by atoms with Crippen LogP contribution < -0.4 is 0 Å². The summed E-state index contributed by atoms with van der Waals surface area (Å²) < 4.78 is 0. The zero-order chi connectivity index (χ0) is 0. The predicted octanol–water partition coefficient (Wildman–Crippen LogP) is -0.388. The standard InChI is InChI=1S/Cu.Hg.Sn.Ti. The summed E-state index contributed by atoms with van der Waals surface area (Å²) in [5, 5.41) is 0. The van der Waals surface area contributed by atoms with Crippen LogP contribution in [0.15, 0.2) is 0 Å². The topological polar surface area (TPSA) is 0 Å². The smallest absolute Gasteiger partial charge is 0 e. The van der Waals surface area contributed by atoms with Gasteiger partial charge in [-0.2, -0.15) is 0 Å². The molecule has 0 bridgehead atoms. The summed E-state index contributed by atoms with van der Waals surface area (Å²) in [6.07, 6.45) is 0. The molecule has 4 heavy (non-hydrogen) atoms. The van der Waals surface area contributed by atoms with Gasteiger partial charge in [0.05, 0.1) is 0 Å². The third kappa shape index (κ3) is 8.88. The SMILES string of the molecule is [Cu].[Hg].[Sn].[Ti]. The van der Waals surface area contributed by atoms with E-state index < -0.39 is 0 Å². The Morgan fingerprint density at radius 1 is 1.00 bits per heavy atom. The third-order valence-corrected chi connectivity index (χ3v) is 0. The molecule has 0 spiro atoms. The molecule has 0 aliphatic heterocycles. The van der Waals surface area contributed by atoms with E-state index in [1.807, 2.05) is 0 Å². The Morgan fingerprint density at radius 3 is 1.00 bits per heavy atom. The van der Waals surface area contributed by atoms with E-state index in [0.29, 0.717) is 0 Å². The summed E-state index contributed by atoms with van der Waals surface area (Å²) in [5.74, 6) is 0. The minimum Gasteiger partial charge on any atom is 0 e. The van der Waals surface area contributed by atoms with Crippen molar-refractivity contribution >= 4 is 23.9 Å². The molecule has 0 amide bonds. The second kappa shape index (κ2) is 16.7. The van der Waals surface area contributed by atoms with Crippen LogP contribution in [-0.2, 0) is 66.5 Å². The number of hydrogen-bond acceptors (Lipinski definition) is 0. The zero-order valence-corrected chi connectivity index (χ0v) is 12.9. The van der Waals surface area contributed by atoms with E-state index in [1.54, 1.807) is 0 Å². The predicted molar refractivity (Wildman–Crippen MR) is 5.75 cm³/mol. The molecule has 0 unspecified atom stereocenters. The van der Waals surface area contributed by atoms with Gasteiger partial charge in [-0.25, -0.2) is 0 Å². The van der Waals surface area contributed by atoms with Crippen LogP contribution in [0, 0.1) is 0 Å². The van der Waals surface area contributed by atoms with Crippen LogP contribution in [0.25, 0.3) is 0 Å². The average molecular weight is 431 g/mol. The molecule has 0 aromatic carbocycles. The Labute approximate surface area is 88.7 Å². The minimum atomic E-state index is 0. The van der Waals surface area contributed by atoms with E-state index >= 15 is 0 Å². The number of hydrogen-bond donors (Lipinski definition) is 0. The molecule has 0 saturated carbocycles. The fraction of sp³-hybridized carbons (Fsp3) is 0. The van der Waals surface area contributed by atoms with Gasteiger partial charge >= 0.3 is 0 Å². The van der Waals surface area contributed by atoms with Crippen LogP contribution in [0.2, 0.25) is 0 Å². The van der Waals surface area contributed by atoms with E-state index in [0.717, 1.165) is 0 Å². The maximum atomic E-state index is 0. The quantitative estimate of drug-likeness (QED) is 0.460. The zero-order valence-electron chi connectivity index (χ0n) is 2.01. The van der Waals surface area contributed by atoms with Crippen molar-refractivity contribution in [1.29, 1.82) is 0 Å². The first-order chi connectivity index (χ1) is 0. The van der Waals surface area contributed by atoms with E-state index in [-0.39, 0.29) is 90.4 Å². The minimum absolute atomic E-state index is 0. The Bertz CT molecular complexity index is 8.00. The van der Waals surface area contributed by atoms with Gasteiger partial charge in [0.25, 0.3) is 0 Å². The van der Waals surface area contributed by atoms with Crippen LogP contribution >= 0.6 is 0 Å². The fourth-order valence-corrected chi connectivity index (χ4v) is 0. The summed E-state index contributed by atoms with van der Waals surface area (Å²) in [4.78, 5) is 0. The van der Waals surface area contributed by atoms with Crippen molar-refractivity contribution in [3.05, 3.63) is 0 Å². The van der Waals surface area contributed by atoms with E-state index in [2.05, 4.69) is 0 Å². The van der Waals surface area contributed by atoms with Crippen molar-refractivity contribution in [2.75, 3.05) is 0 Å². The van der Waals surface area contributed by atoms with Crippen LogP contribution in [-0.4, -0.2) is 23.9 Å². The molecule has 0 N–H and O–H groups in total. The molecule has 5 radical (unpaired) electrons. The van der Waals surface area contributed by atoms with Gasteiger partial charge in [-0.05, 0) is 0 Å². The first-order valence-electron chi connectivity index (χ1n) is 0. The summed E-state index contributed by atoms with van der Waals surface area (Å²) >= 11 is 0. The Hall–Kier alpha value is 2.97. The van der Waals surface area contributed by atoms with Crippen molar-refractivity contribution in [3.63, 3.8) is 0 Å². The van der Waals surface area contributed by atoms with Gasteiger partial charge in [0.15, 0.2) is 0 Å². The molecular weight excluding hydrogens is 431 g/mol. The van der Waals surface area contributed by atoms with Gasteiger partial charge in [-0.15, -0.1) is 0 Å². The molecule has 0 aromatic heterocycles. The van der Waals surface area contributed by atoms with Crippen molar-refractivity contribution in [2.45, 2.75) is 0 Å². The molecule has 0 rings (SSSR count). The molecule has 0 aliphatic rings. The Morgan fingerprint density at radius 2 is 1.00 bits per heavy atom. The van der Waals surface area contributed by atoms with E-state index in [9.17, 15) is 0 Å². The molecule has 0 heterocycles. The molecule has 21 valence electrons. The molecule has 0 atom stereocenters. The fourth-order valence-electron chi connectivity index (χ4n) is 0. The van der Waals surface area contributed by atoms with Crippen LogP contribution in [0.1, 0.15) is 0 Å². The van der Waals surface area contributed by atoms with E-state index in [1.165, 1.54) is 0 Å². The van der Waals surface area contributed by atoms with Gasteiger partial charge in [-0.3, -0.25) is 0 Å². The normalized spacial score (nSPS) is 0. The Kier molecular flexibility index (Phi) is 118. The molecule has 0 saturated heterocycles. The monoisotopic (exact) mass is 433 g/mol. The van der Waals surface area contributed by atoms with Gasteiger partial charge in [0.1, 0.15) is 0 Å². The maximum absolute atomic E-state index is 0. The van der Waals surface area contributed by atoms with Crippen LogP contribution in [0.5, 0.6) is 0 Å². The summed E-state index contributed by atoms with van der Waals surface area (Å²) in [5.41, 5.74) is 0. The maximum Gasteiger partial charge on any atom is 0 e. The third-order valence-electron chi connectivity index (χ3n) is 0. The molecule has 0 nitrogen and oxygen atoms in total. The second-order valence-corrected chi connectivity index (χ2v) is 0. The van der Waals surface area contributed by atoms with Crippen LogP contribution in [0.4, 0.5) is 0 Å².